The van der Waals surface area contributed by atoms with E-state index in [4.69, 9.17) is 16.3 Å². The number of methoxy groups -OCH3 is 1. The first-order valence-electron chi connectivity index (χ1n) is 7.63. The third-order valence-corrected chi connectivity index (χ3v) is 5.06. The van der Waals surface area contributed by atoms with Crippen LogP contribution in [-0.4, -0.2) is 7.11 Å². The highest BCUT2D eigenvalue weighted by molar-refractivity contribution is 6.30. The van der Waals surface area contributed by atoms with Gasteiger partial charge in [-0.3, -0.25) is 0 Å². The highest BCUT2D eigenvalue weighted by atomic mass is 35.5. The number of hydrogen-bond acceptors (Lipinski definition) is 2. The minimum absolute atomic E-state index is 0.279. The zero-order valence-electron chi connectivity index (χ0n) is 12.4. The molecule has 4 rings (SSSR count). The lowest BCUT2D eigenvalue weighted by Gasteiger charge is -2.38. The van der Waals surface area contributed by atoms with Gasteiger partial charge >= 0.3 is 0 Å². The molecule has 1 aliphatic heterocycles. The van der Waals surface area contributed by atoms with E-state index in [1.807, 2.05) is 18.2 Å². The summed E-state index contributed by atoms with van der Waals surface area (Å²) in [5.74, 6) is 1.91. The summed E-state index contributed by atoms with van der Waals surface area (Å²) in [6.07, 6.45) is 5.74. The molecule has 0 aromatic heterocycles. The van der Waals surface area contributed by atoms with E-state index in [1.165, 1.54) is 11.1 Å². The first-order valence-corrected chi connectivity index (χ1v) is 8.01. The maximum atomic E-state index is 6.04. The zero-order chi connectivity index (χ0) is 15.1. The highest BCUT2D eigenvalue weighted by Gasteiger charge is 2.38. The van der Waals surface area contributed by atoms with Crippen molar-refractivity contribution in [1.29, 1.82) is 0 Å². The second kappa shape index (κ2) is 5.36. The number of hydrogen-bond donors (Lipinski definition) is 1. The molecule has 3 atom stereocenters. The van der Waals surface area contributed by atoms with Crippen LogP contribution in [0.3, 0.4) is 0 Å². The quantitative estimate of drug-likeness (QED) is 0.772. The molecule has 0 bridgehead atoms. The van der Waals surface area contributed by atoms with E-state index in [-0.39, 0.29) is 6.04 Å². The van der Waals surface area contributed by atoms with Crippen LogP contribution < -0.4 is 10.1 Å². The van der Waals surface area contributed by atoms with Gasteiger partial charge in [-0.05, 0) is 41.7 Å². The molecule has 0 unspecified atom stereocenters. The maximum absolute atomic E-state index is 6.04. The van der Waals surface area contributed by atoms with Crippen molar-refractivity contribution in [3.05, 3.63) is 70.8 Å². The lowest BCUT2D eigenvalue weighted by molar-refractivity contribution is 0.397. The molecule has 2 nitrogen and oxygen atoms in total. The van der Waals surface area contributed by atoms with Gasteiger partial charge in [0.15, 0.2) is 0 Å². The number of nitrogens with one attached hydrogen (secondary N) is 1. The molecular weight excluding hydrogens is 294 g/mol. The second-order valence-corrected chi connectivity index (χ2v) is 6.39. The maximum Gasteiger partial charge on any atom is 0.142 e. The molecule has 0 radical (unpaired) electrons. The SMILES string of the molecule is COc1cccc2c1N[C@H](c1ccc(Cl)cc1)[C@H]1CC=C[C@H]21. The molecule has 2 aromatic rings. The molecule has 1 aliphatic carbocycles. The van der Waals surface area contributed by atoms with Gasteiger partial charge in [0.2, 0.25) is 0 Å². The number of anilines is 1. The Morgan fingerprint density at radius 2 is 1.95 bits per heavy atom. The Morgan fingerprint density at radius 3 is 2.73 bits per heavy atom. The standard InChI is InChI=1S/C19H18ClNO/c1-22-17-7-3-6-16-14-4-2-5-15(14)18(21-19(16)17)12-8-10-13(20)11-9-12/h2-4,6-11,14-15,18,21H,5H2,1H3/t14-,15-,18+/m0/s1. The number of rotatable bonds is 2. The Bertz CT molecular complexity index is 723. The van der Waals surface area contributed by atoms with Crippen LogP contribution in [0.25, 0.3) is 0 Å². The number of allylic oxidation sites excluding steroid dienone is 2. The van der Waals surface area contributed by atoms with Crippen LogP contribution in [0.15, 0.2) is 54.6 Å². The van der Waals surface area contributed by atoms with Crippen LogP contribution in [0.4, 0.5) is 5.69 Å². The van der Waals surface area contributed by atoms with Crippen LogP contribution in [0, 0.1) is 5.92 Å². The summed E-state index contributed by atoms with van der Waals surface area (Å²) >= 11 is 6.04. The summed E-state index contributed by atoms with van der Waals surface area (Å²) in [4.78, 5) is 0. The van der Waals surface area contributed by atoms with Gasteiger partial charge in [-0.1, -0.05) is 48.0 Å². The Balaban J connectivity index is 1.81. The van der Waals surface area contributed by atoms with E-state index < -0.39 is 0 Å². The predicted molar refractivity (Wildman–Crippen MR) is 90.8 cm³/mol. The lowest BCUT2D eigenvalue weighted by atomic mass is 9.77. The molecule has 1 N–H and O–H groups in total. The van der Waals surface area contributed by atoms with E-state index in [2.05, 4.69) is 41.7 Å². The van der Waals surface area contributed by atoms with Crippen molar-refractivity contribution in [3.63, 3.8) is 0 Å². The number of fused-ring (bicyclic) bond motifs is 3. The number of ether oxygens (including phenoxy) is 1. The fourth-order valence-corrected chi connectivity index (χ4v) is 3.89. The van der Waals surface area contributed by atoms with Gasteiger partial charge < -0.3 is 10.1 Å². The van der Waals surface area contributed by atoms with E-state index in [9.17, 15) is 0 Å². The molecule has 0 fully saturated rings. The fourth-order valence-electron chi connectivity index (χ4n) is 3.76. The van der Waals surface area contributed by atoms with Gasteiger partial charge in [0.25, 0.3) is 0 Å². The summed E-state index contributed by atoms with van der Waals surface area (Å²) in [5.41, 5.74) is 3.74. The van der Waals surface area contributed by atoms with Crippen molar-refractivity contribution in [3.8, 4) is 5.75 Å². The molecule has 2 aliphatic rings. The van der Waals surface area contributed by atoms with Gasteiger partial charge in [-0.15, -0.1) is 0 Å². The van der Waals surface area contributed by atoms with Crippen molar-refractivity contribution in [2.45, 2.75) is 18.4 Å². The Kier molecular flexibility index (Phi) is 3.34. The normalized spacial score (nSPS) is 25.3. The van der Waals surface area contributed by atoms with Crippen LogP contribution in [0.1, 0.15) is 29.5 Å². The van der Waals surface area contributed by atoms with Crippen molar-refractivity contribution in [2.24, 2.45) is 5.92 Å². The van der Waals surface area contributed by atoms with Gasteiger partial charge in [0, 0.05) is 10.9 Å². The third-order valence-electron chi connectivity index (χ3n) is 4.81. The topological polar surface area (TPSA) is 21.3 Å². The molecule has 112 valence electrons. The smallest absolute Gasteiger partial charge is 0.142 e. The average Bonchev–Trinajstić information content (AvgIpc) is 3.04. The van der Waals surface area contributed by atoms with Crippen LogP contribution in [0.2, 0.25) is 5.02 Å². The van der Waals surface area contributed by atoms with Crippen molar-refractivity contribution < 1.29 is 4.74 Å². The first kappa shape index (κ1) is 13.7. The summed E-state index contributed by atoms with van der Waals surface area (Å²) < 4.78 is 5.56. The van der Waals surface area contributed by atoms with Crippen LogP contribution >= 0.6 is 11.6 Å². The largest absolute Gasteiger partial charge is 0.495 e. The molecular formula is C19H18ClNO. The first-order chi connectivity index (χ1) is 10.8. The summed E-state index contributed by atoms with van der Waals surface area (Å²) in [6.45, 7) is 0. The van der Waals surface area contributed by atoms with Crippen LogP contribution in [-0.2, 0) is 0 Å². The minimum atomic E-state index is 0.279. The molecule has 0 spiro atoms. The van der Waals surface area contributed by atoms with Gasteiger partial charge in [-0.2, -0.15) is 0 Å². The monoisotopic (exact) mass is 311 g/mol. The van der Waals surface area contributed by atoms with Gasteiger partial charge in [-0.25, -0.2) is 0 Å². The Morgan fingerprint density at radius 1 is 1.14 bits per heavy atom. The highest BCUT2D eigenvalue weighted by Crippen LogP contribution is 2.52. The van der Waals surface area contributed by atoms with Crippen molar-refractivity contribution in [2.75, 3.05) is 12.4 Å². The number of benzene rings is 2. The van der Waals surface area contributed by atoms with Gasteiger partial charge in [0.05, 0.1) is 18.8 Å². The molecule has 0 saturated heterocycles. The molecule has 1 heterocycles. The van der Waals surface area contributed by atoms with E-state index in [0.29, 0.717) is 11.8 Å². The zero-order valence-corrected chi connectivity index (χ0v) is 13.2. The minimum Gasteiger partial charge on any atom is -0.495 e. The van der Waals surface area contributed by atoms with E-state index in [0.717, 1.165) is 22.9 Å². The van der Waals surface area contributed by atoms with Gasteiger partial charge in [0.1, 0.15) is 5.75 Å². The molecule has 0 saturated carbocycles. The summed E-state index contributed by atoms with van der Waals surface area (Å²) in [7, 11) is 1.73. The van der Waals surface area contributed by atoms with E-state index in [1.54, 1.807) is 7.11 Å². The summed E-state index contributed by atoms with van der Waals surface area (Å²) in [6, 6.07) is 14.7. The molecule has 3 heteroatoms. The third kappa shape index (κ3) is 2.10. The average molecular weight is 312 g/mol. The lowest BCUT2D eigenvalue weighted by Crippen LogP contribution is -2.29. The van der Waals surface area contributed by atoms with Crippen molar-refractivity contribution in [1.82, 2.24) is 0 Å². The summed E-state index contributed by atoms with van der Waals surface area (Å²) in [5, 5.41) is 4.49. The van der Waals surface area contributed by atoms with Crippen LogP contribution in [0.5, 0.6) is 5.75 Å². The predicted octanol–water partition coefficient (Wildman–Crippen LogP) is 5.18. The Hall–Kier alpha value is -1.93. The number of para-hydroxylation sites is 1. The second-order valence-electron chi connectivity index (χ2n) is 5.95. The van der Waals surface area contributed by atoms with E-state index >= 15 is 0 Å². The van der Waals surface area contributed by atoms with Crippen molar-refractivity contribution >= 4 is 17.3 Å². The molecule has 22 heavy (non-hydrogen) atoms. The molecule has 2 aromatic carbocycles. The Labute approximate surface area is 135 Å². The molecule has 0 amide bonds. The number of halogens is 1. The fraction of sp³-hybridized carbons (Fsp3) is 0.263.